The summed E-state index contributed by atoms with van der Waals surface area (Å²) in [7, 11) is 4.22. The topological polar surface area (TPSA) is 41.9 Å². The number of nitrogens with zero attached hydrogens (tertiary/aromatic N) is 1. The van der Waals surface area contributed by atoms with Gasteiger partial charge in [-0.3, -0.25) is 0 Å². The number of ether oxygens (including phenoxy) is 2. The van der Waals surface area contributed by atoms with Crippen molar-refractivity contribution in [2.45, 2.75) is 63.1 Å². The summed E-state index contributed by atoms with van der Waals surface area (Å²) in [6, 6.07) is 9.34. The standard InChI is InChI=1S/C30H39NO3/c1-31(2)23-9-5-21(6-10-23)28-18-27-20(4-3-15-32)7-11-25(27)26-12-8-22-19-30(33-16-17-34-30)14-13-24(22)29(26)28/h5-6,9-10,20,22,25-28,32H,7-8,11-19H2,1-2H3. The summed E-state index contributed by atoms with van der Waals surface area (Å²) in [5.74, 6) is 9.82. The monoisotopic (exact) mass is 461 g/mol. The van der Waals surface area contributed by atoms with Crippen molar-refractivity contribution in [2.24, 2.45) is 29.6 Å². The van der Waals surface area contributed by atoms with Crippen LogP contribution in [0.15, 0.2) is 35.4 Å². The zero-order valence-electron chi connectivity index (χ0n) is 20.8. The average Bonchev–Trinajstić information content (AvgIpc) is 3.48. The number of allylic oxidation sites excluding steroid dienone is 2. The van der Waals surface area contributed by atoms with E-state index in [9.17, 15) is 5.11 Å². The van der Waals surface area contributed by atoms with Crippen LogP contribution >= 0.6 is 0 Å². The molecule has 0 bridgehead atoms. The number of fused-ring (bicyclic) bond motifs is 4. The van der Waals surface area contributed by atoms with Crippen molar-refractivity contribution >= 4 is 5.69 Å². The molecule has 4 nitrogen and oxygen atoms in total. The predicted octanol–water partition coefficient (Wildman–Crippen LogP) is 5.13. The van der Waals surface area contributed by atoms with Crippen molar-refractivity contribution < 1.29 is 14.6 Å². The molecular weight excluding hydrogens is 422 g/mol. The van der Waals surface area contributed by atoms with Gasteiger partial charge in [-0.25, -0.2) is 0 Å². The molecule has 182 valence electrons. The number of hydrogen-bond acceptors (Lipinski definition) is 4. The van der Waals surface area contributed by atoms with Gasteiger partial charge in [-0.15, -0.1) is 0 Å². The first-order valence-corrected chi connectivity index (χ1v) is 13.5. The first-order valence-electron chi connectivity index (χ1n) is 13.5. The zero-order valence-corrected chi connectivity index (χ0v) is 20.8. The smallest absolute Gasteiger partial charge is 0.169 e. The lowest BCUT2D eigenvalue weighted by atomic mass is 9.56. The summed E-state index contributed by atoms with van der Waals surface area (Å²) in [6.45, 7) is 1.49. The number of hydrogen-bond donors (Lipinski definition) is 1. The van der Waals surface area contributed by atoms with Gasteiger partial charge in [0.2, 0.25) is 0 Å². The van der Waals surface area contributed by atoms with E-state index < -0.39 is 0 Å². The van der Waals surface area contributed by atoms with Gasteiger partial charge in [0.25, 0.3) is 0 Å². The number of benzene rings is 1. The van der Waals surface area contributed by atoms with E-state index in [4.69, 9.17) is 9.47 Å². The highest BCUT2D eigenvalue weighted by atomic mass is 16.7. The third-order valence-electron chi connectivity index (χ3n) is 9.69. The highest BCUT2D eigenvalue weighted by molar-refractivity contribution is 5.49. The summed E-state index contributed by atoms with van der Waals surface area (Å²) in [5, 5.41) is 9.32. The maximum Gasteiger partial charge on any atom is 0.169 e. The van der Waals surface area contributed by atoms with Crippen LogP contribution in [0.1, 0.15) is 62.8 Å². The van der Waals surface area contributed by atoms with Crippen LogP contribution in [0.5, 0.6) is 0 Å². The number of rotatable bonds is 2. The lowest BCUT2D eigenvalue weighted by molar-refractivity contribution is -0.181. The molecule has 1 aliphatic heterocycles. The number of aliphatic hydroxyl groups is 1. The quantitative estimate of drug-likeness (QED) is 0.490. The van der Waals surface area contributed by atoms with Crippen LogP contribution in [0, 0.1) is 41.4 Å². The van der Waals surface area contributed by atoms with E-state index in [2.05, 4.69) is 55.1 Å². The SMILES string of the molecule is CN(C)c1ccc(C2CC3C(C#CCO)CCC3C3CCC4CC5(CCC4=C23)OCCO5)cc1. The summed E-state index contributed by atoms with van der Waals surface area (Å²) in [4.78, 5) is 2.18. The fraction of sp³-hybridized carbons (Fsp3) is 0.667. The van der Waals surface area contributed by atoms with Gasteiger partial charge >= 0.3 is 0 Å². The Labute approximate surface area is 204 Å². The average molecular weight is 462 g/mol. The van der Waals surface area contributed by atoms with Gasteiger partial charge in [0.05, 0.1) is 13.2 Å². The molecule has 6 rings (SSSR count). The molecule has 0 radical (unpaired) electrons. The van der Waals surface area contributed by atoms with Crippen molar-refractivity contribution in [1.29, 1.82) is 0 Å². The minimum Gasteiger partial charge on any atom is -0.384 e. The number of aliphatic hydroxyl groups excluding tert-OH is 1. The van der Waals surface area contributed by atoms with Gasteiger partial charge in [0.1, 0.15) is 6.61 Å². The lowest BCUT2D eigenvalue weighted by Crippen LogP contribution is -2.43. The molecular formula is C30H39NO3. The summed E-state index contributed by atoms with van der Waals surface area (Å²) in [5.41, 5.74) is 6.28. The highest BCUT2D eigenvalue weighted by Gasteiger charge is 2.52. The molecule has 1 N–H and O–H groups in total. The summed E-state index contributed by atoms with van der Waals surface area (Å²) in [6.07, 6.45) is 9.47. The van der Waals surface area contributed by atoms with Gasteiger partial charge in [-0.1, -0.05) is 35.1 Å². The molecule has 6 unspecified atom stereocenters. The molecule has 1 saturated heterocycles. The fourth-order valence-electron chi connectivity index (χ4n) is 8.26. The van der Waals surface area contributed by atoms with Crippen molar-refractivity contribution in [3.8, 4) is 11.8 Å². The third kappa shape index (κ3) is 3.81. The summed E-state index contributed by atoms with van der Waals surface area (Å²) < 4.78 is 12.3. The van der Waals surface area contributed by atoms with Gasteiger partial charge in [0, 0.05) is 44.5 Å². The largest absolute Gasteiger partial charge is 0.384 e. The lowest BCUT2D eigenvalue weighted by Gasteiger charge is -2.50. The van der Waals surface area contributed by atoms with Crippen LogP contribution in [0.3, 0.4) is 0 Å². The van der Waals surface area contributed by atoms with Crippen LogP contribution in [-0.4, -0.2) is 44.8 Å². The molecule has 1 aromatic rings. The molecule has 1 spiro atoms. The van der Waals surface area contributed by atoms with Crippen molar-refractivity contribution in [3.63, 3.8) is 0 Å². The molecule has 6 atom stereocenters. The van der Waals surface area contributed by atoms with E-state index in [-0.39, 0.29) is 12.4 Å². The maximum absolute atomic E-state index is 9.32. The maximum atomic E-state index is 9.32. The summed E-state index contributed by atoms with van der Waals surface area (Å²) >= 11 is 0. The Bertz CT molecular complexity index is 994. The molecule has 0 amide bonds. The zero-order chi connectivity index (χ0) is 23.3. The molecule has 3 saturated carbocycles. The van der Waals surface area contributed by atoms with Crippen LogP contribution in [0.4, 0.5) is 5.69 Å². The molecule has 5 aliphatic rings. The van der Waals surface area contributed by atoms with Crippen LogP contribution in [0.25, 0.3) is 0 Å². The Morgan fingerprint density at radius 2 is 1.82 bits per heavy atom. The Morgan fingerprint density at radius 1 is 1.03 bits per heavy atom. The Morgan fingerprint density at radius 3 is 2.56 bits per heavy atom. The van der Waals surface area contributed by atoms with Crippen molar-refractivity contribution in [3.05, 3.63) is 41.0 Å². The molecule has 4 heteroatoms. The van der Waals surface area contributed by atoms with E-state index in [0.717, 1.165) is 38.4 Å². The van der Waals surface area contributed by atoms with Gasteiger partial charge in [0.15, 0.2) is 5.79 Å². The normalized spacial score (nSPS) is 35.9. The fourth-order valence-corrected chi connectivity index (χ4v) is 8.26. The van der Waals surface area contributed by atoms with E-state index in [1.54, 1.807) is 11.1 Å². The van der Waals surface area contributed by atoms with Crippen LogP contribution in [-0.2, 0) is 9.47 Å². The molecule has 1 aromatic carbocycles. The number of anilines is 1. The first-order chi connectivity index (χ1) is 16.6. The van der Waals surface area contributed by atoms with Gasteiger partial charge < -0.3 is 19.5 Å². The Hall–Kier alpha value is -1.80. The molecule has 0 aromatic heterocycles. The molecule has 4 fully saturated rings. The van der Waals surface area contributed by atoms with Gasteiger partial charge in [-0.05, 0) is 79.9 Å². The van der Waals surface area contributed by atoms with Crippen LogP contribution in [0.2, 0.25) is 0 Å². The predicted molar refractivity (Wildman–Crippen MR) is 134 cm³/mol. The van der Waals surface area contributed by atoms with E-state index in [0.29, 0.717) is 29.6 Å². The van der Waals surface area contributed by atoms with Crippen molar-refractivity contribution in [2.75, 3.05) is 38.8 Å². The molecule has 34 heavy (non-hydrogen) atoms. The van der Waals surface area contributed by atoms with E-state index >= 15 is 0 Å². The second-order valence-electron chi connectivity index (χ2n) is 11.4. The Kier molecular flexibility index (Phi) is 6.00. The second kappa shape index (κ2) is 9.01. The minimum absolute atomic E-state index is 0.0182. The highest BCUT2D eigenvalue weighted by Crippen LogP contribution is 2.61. The second-order valence-corrected chi connectivity index (χ2v) is 11.4. The van der Waals surface area contributed by atoms with E-state index in [1.165, 1.54) is 43.4 Å². The molecule has 1 heterocycles. The molecule has 4 aliphatic carbocycles. The first kappa shape index (κ1) is 22.7. The Balaban J connectivity index is 1.38. The third-order valence-corrected chi connectivity index (χ3v) is 9.69. The van der Waals surface area contributed by atoms with Crippen LogP contribution < -0.4 is 4.90 Å². The van der Waals surface area contributed by atoms with Gasteiger partial charge in [-0.2, -0.15) is 0 Å². The van der Waals surface area contributed by atoms with E-state index in [1.807, 2.05) is 0 Å². The van der Waals surface area contributed by atoms with Crippen molar-refractivity contribution in [1.82, 2.24) is 0 Å². The minimum atomic E-state index is -0.306.